The molecule has 14 heavy (non-hydrogen) atoms. The Morgan fingerprint density at radius 2 is 2.36 bits per heavy atom. The summed E-state index contributed by atoms with van der Waals surface area (Å²) in [6.45, 7) is 2.20. The number of nitrogens with zero attached hydrogens (tertiary/aromatic N) is 3. The van der Waals surface area contributed by atoms with Gasteiger partial charge in [-0.05, 0) is 12.3 Å². The molecule has 1 fully saturated rings. The fourth-order valence-electron chi connectivity index (χ4n) is 2.17. The number of Topliss-reactive ketones (excluding diaryl/α,β-unsaturated/α-hetero) is 1. The van der Waals surface area contributed by atoms with E-state index in [1.165, 1.54) is 0 Å². The smallest absolute Gasteiger partial charge is 0.133 e. The van der Waals surface area contributed by atoms with Crippen molar-refractivity contribution in [3.8, 4) is 0 Å². The van der Waals surface area contributed by atoms with Crippen molar-refractivity contribution in [1.29, 1.82) is 0 Å². The molecule has 1 aromatic heterocycles. The summed E-state index contributed by atoms with van der Waals surface area (Å²) in [5.41, 5.74) is 1.09. The summed E-state index contributed by atoms with van der Waals surface area (Å²) >= 11 is 0. The molecule has 0 amide bonds. The number of rotatable bonds is 1. The van der Waals surface area contributed by atoms with Gasteiger partial charge in [0.15, 0.2) is 0 Å². The van der Waals surface area contributed by atoms with E-state index in [1.54, 1.807) is 10.9 Å². The van der Waals surface area contributed by atoms with E-state index < -0.39 is 0 Å². The van der Waals surface area contributed by atoms with Gasteiger partial charge in [0.05, 0.1) is 11.9 Å². The minimum Gasteiger partial charge on any atom is -0.300 e. The van der Waals surface area contributed by atoms with Gasteiger partial charge in [0.25, 0.3) is 0 Å². The van der Waals surface area contributed by atoms with Crippen molar-refractivity contribution < 1.29 is 4.79 Å². The molecule has 0 aromatic carbocycles. The maximum Gasteiger partial charge on any atom is 0.133 e. The summed E-state index contributed by atoms with van der Waals surface area (Å²) in [6.07, 6.45) is 4.17. The predicted molar refractivity (Wildman–Crippen MR) is 51.8 cm³/mol. The van der Waals surface area contributed by atoms with Crippen LogP contribution in [-0.4, -0.2) is 20.8 Å². The van der Waals surface area contributed by atoms with Crippen molar-refractivity contribution >= 4 is 5.78 Å². The number of aryl methyl sites for hydroxylation is 1. The van der Waals surface area contributed by atoms with Gasteiger partial charge in [0.2, 0.25) is 0 Å². The highest BCUT2D eigenvalue weighted by Crippen LogP contribution is 2.34. The summed E-state index contributed by atoms with van der Waals surface area (Å²) in [7, 11) is 1.88. The van der Waals surface area contributed by atoms with E-state index in [0.29, 0.717) is 24.0 Å². The lowest BCUT2D eigenvalue weighted by molar-refractivity contribution is -0.121. The van der Waals surface area contributed by atoms with E-state index in [2.05, 4.69) is 17.2 Å². The highest BCUT2D eigenvalue weighted by molar-refractivity contribution is 5.80. The highest BCUT2D eigenvalue weighted by Gasteiger charge is 2.29. The summed E-state index contributed by atoms with van der Waals surface area (Å²) in [6, 6.07) is 0. The summed E-state index contributed by atoms with van der Waals surface area (Å²) in [5.74, 6) is 1.25. The van der Waals surface area contributed by atoms with Crippen molar-refractivity contribution in [1.82, 2.24) is 15.0 Å². The van der Waals surface area contributed by atoms with Gasteiger partial charge < -0.3 is 0 Å². The Morgan fingerprint density at radius 1 is 1.57 bits per heavy atom. The number of carbonyl (C=O) groups excluding carboxylic acids is 1. The molecule has 0 aliphatic heterocycles. The number of hydrogen-bond acceptors (Lipinski definition) is 3. The normalized spacial score (nSPS) is 28.0. The van der Waals surface area contributed by atoms with E-state index in [-0.39, 0.29) is 0 Å². The lowest BCUT2D eigenvalue weighted by atomic mass is 9.78. The zero-order valence-corrected chi connectivity index (χ0v) is 8.60. The molecular weight excluding hydrogens is 178 g/mol. The Hall–Kier alpha value is -1.19. The van der Waals surface area contributed by atoms with E-state index in [1.807, 2.05) is 7.05 Å². The zero-order chi connectivity index (χ0) is 10.1. The quantitative estimate of drug-likeness (QED) is 0.675. The van der Waals surface area contributed by atoms with Gasteiger partial charge in [-0.3, -0.25) is 9.48 Å². The van der Waals surface area contributed by atoms with Gasteiger partial charge >= 0.3 is 0 Å². The molecule has 1 heterocycles. The van der Waals surface area contributed by atoms with Crippen LogP contribution in [0.15, 0.2) is 6.20 Å². The second kappa shape index (κ2) is 3.52. The van der Waals surface area contributed by atoms with Gasteiger partial charge in [-0.25, -0.2) is 0 Å². The van der Waals surface area contributed by atoms with E-state index in [4.69, 9.17) is 0 Å². The second-order valence-corrected chi connectivity index (χ2v) is 4.15. The van der Waals surface area contributed by atoms with Crippen molar-refractivity contribution in [3.63, 3.8) is 0 Å². The molecule has 76 valence electrons. The number of carbonyl (C=O) groups is 1. The van der Waals surface area contributed by atoms with Gasteiger partial charge in [0.1, 0.15) is 5.78 Å². The van der Waals surface area contributed by atoms with Crippen LogP contribution in [0.2, 0.25) is 0 Å². The Kier molecular flexibility index (Phi) is 2.35. The number of aromatic nitrogens is 3. The molecule has 0 bridgehead atoms. The molecule has 0 N–H and O–H groups in total. The Bertz CT molecular complexity index is 345. The first-order valence-corrected chi connectivity index (χ1v) is 5.04. The third kappa shape index (κ3) is 1.56. The maximum absolute atomic E-state index is 11.4. The molecule has 0 spiro atoms. The first-order chi connectivity index (χ1) is 6.68. The molecule has 4 heteroatoms. The Morgan fingerprint density at radius 3 is 3.00 bits per heavy atom. The number of ketones is 1. The van der Waals surface area contributed by atoms with Crippen LogP contribution >= 0.6 is 0 Å². The lowest BCUT2D eigenvalue weighted by Gasteiger charge is -2.27. The third-order valence-corrected chi connectivity index (χ3v) is 3.14. The van der Waals surface area contributed by atoms with Gasteiger partial charge in [-0.2, -0.15) is 0 Å². The first kappa shape index (κ1) is 9.37. The summed E-state index contributed by atoms with van der Waals surface area (Å²) in [4.78, 5) is 11.4. The van der Waals surface area contributed by atoms with Crippen LogP contribution in [-0.2, 0) is 11.8 Å². The second-order valence-electron chi connectivity index (χ2n) is 4.15. The molecule has 1 aromatic rings. The van der Waals surface area contributed by atoms with Crippen LogP contribution in [0, 0.1) is 5.92 Å². The predicted octanol–water partition coefficient (Wildman–Crippen LogP) is 1.29. The third-order valence-electron chi connectivity index (χ3n) is 3.14. The Balaban J connectivity index is 2.24. The molecule has 0 radical (unpaired) electrons. The van der Waals surface area contributed by atoms with Crippen molar-refractivity contribution in [2.45, 2.75) is 32.1 Å². The van der Waals surface area contributed by atoms with Gasteiger partial charge in [-0.15, -0.1) is 5.10 Å². The van der Waals surface area contributed by atoms with E-state index >= 15 is 0 Å². The van der Waals surface area contributed by atoms with E-state index in [9.17, 15) is 4.79 Å². The maximum atomic E-state index is 11.4. The molecule has 1 saturated carbocycles. The van der Waals surface area contributed by atoms with Crippen LogP contribution < -0.4 is 0 Å². The van der Waals surface area contributed by atoms with Gasteiger partial charge in [-0.1, -0.05) is 12.1 Å². The SMILES string of the molecule is CC1CCC(=O)CC1c1cnnn1C. The highest BCUT2D eigenvalue weighted by atomic mass is 16.1. The van der Waals surface area contributed by atoms with Crippen molar-refractivity contribution in [2.24, 2.45) is 13.0 Å². The summed E-state index contributed by atoms with van der Waals surface area (Å²) in [5, 5.41) is 7.76. The first-order valence-electron chi connectivity index (χ1n) is 5.04. The largest absolute Gasteiger partial charge is 0.300 e. The van der Waals surface area contributed by atoms with E-state index in [0.717, 1.165) is 18.5 Å². The van der Waals surface area contributed by atoms with Crippen LogP contribution in [0.3, 0.4) is 0 Å². The van der Waals surface area contributed by atoms with Crippen LogP contribution in [0.1, 0.15) is 37.8 Å². The lowest BCUT2D eigenvalue weighted by Crippen LogP contribution is -2.23. The van der Waals surface area contributed by atoms with Crippen LogP contribution in [0.4, 0.5) is 0 Å². The molecular formula is C10H15N3O. The molecule has 1 aliphatic rings. The molecule has 4 nitrogen and oxygen atoms in total. The van der Waals surface area contributed by atoms with Crippen LogP contribution in [0.5, 0.6) is 0 Å². The van der Waals surface area contributed by atoms with Crippen molar-refractivity contribution in [3.05, 3.63) is 11.9 Å². The summed E-state index contributed by atoms with van der Waals surface area (Å²) < 4.78 is 1.78. The fourth-order valence-corrected chi connectivity index (χ4v) is 2.17. The standard InChI is InChI=1S/C10H15N3O/c1-7-3-4-8(14)5-9(7)10-6-11-12-13(10)2/h6-7,9H,3-5H2,1-2H3. The monoisotopic (exact) mass is 193 g/mol. The van der Waals surface area contributed by atoms with Gasteiger partial charge in [0, 0.05) is 25.8 Å². The molecule has 0 saturated heterocycles. The fraction of sp³-hybridized carbons (Fsp3) is 0.700. The minimum atomic E-state index is 0.316. The Labute approximate surface area is 83.3 Å². The minimum absolute atomic E-state index is 0.316. The average molecular weight is 193 g/mol. The topological polar surface area (TPSA) is 47.8 Å². The zero-order valence-electron chi connectivity index (χ0n) is 8.60. The van der Waals surface area contributed by atoms with Crippen LogP contribution in [0.25, 0.3) is 0 Å². The molecule has 2 unspecified atom stereocenters. The average Bonchev–Trinajstić information content (AvgIpc) is 2.56. The molecule has 2 atom stereocenters. The number of hydrogen-bond donors (Lipinski definition) is 0. The van der Waals surface area contributed by atoms with Crippen molar-refractivity contribution in [2.75, 3.05) is 0 Å². The molecule has 2 rings (SSSR count). The molecule has 1 aliphatic carbocycles.